The van der Waals surface area contributed by atoms with Crippen molar-refractivity contribution in [3.05, 3.63) is 0 Å². The summed E-state index contributed by atoms with van der Waals surface area (Å²) in [5.74, 6) is 1.06. The van der Waals surface area contributed by atoms with Crippen molar-refractivity contribution in [2.45, 2.75) is 53.9 Å². The molecule has 1 aliphatic rings. The van der Waals surface area contributed by atoms with Gasteiger partial charge in [-0.3, -0.25) is 0 Å². The molecule has 66 valence electrons. The summed E-state index contributed by atoms with van der Waals surface area (Å²) >= 11 is 0. The molecule has 0 amide bonds. The summed E-state index contributed by atoms with van der Waals surface area (Å²) in [6.07, 6.45) is 4.40. The molecular weight excluding hydrogens is 132 g/mol. The zero-order valence-electron chi connectivity index (χ0n) is 8.70. The zero-order chi connectivity index (χ0) is 8.70. The van der Waals surface area contributed by atoms with Crippen molar-refractivity contribution >= 4 is 0 Å². The Morgan fingerprint density at radius 2 is 1.45 bits per heavy atom. The van der Waals surface area contributed by atoms with Gasteiger partial charge < -0.3 is 0 Å². The predicted octanol–water partition coefficient (Wildman–Crippen LogP) is 3.86. The molecule has 0 heterocycles. The van der Waals surface area contributed by atoms with Gasteiger partial charge in [-0.1, -0.05) is 47.5 Å². The van der Waals surface area contributed by atoms with Gasteiger partial charge in [-0.05, 0) is 23.2 Å². The molecule has 0 aromatic rings. The van der Waals surface area contributed by atoms with Crippen molar-refractivity contribution in [3.63, 3.8) is 0 Å². The van der Waals surface area contributed by atoms with E-state index >= 15 is 0 Å². The van der Waals surface area contributed by atoms with Crippen molar-refractivity contribution in [1.29, 1.82) is 0 Å². The van der Waals surface area contributed by atoms with Crippen LogP contribution in [0.15, 0.2) is 0 Å². The van der Waals surface area contributed by atoms with Crippen LogP contribution in [0.4, 0.5) is 0 Å². The smallest absolute Gasteiger partial charge is 0.0303 e. The lowest BCUT2D eigenvalue weighted by Gasteiger charge is -2.39. The lowest BCUT2D eigenvalue weighted by Crippen LogP contribution is -2.29. The Hall–Kier alpha value is 0. The van der Waals surface area contributed by atoms with Gasteiger partial charge in [0.15, 0.2) is 0 Å². The van der Waals surface area contributed by atoms with Crippen LogP contribution in [0, 0.1) is 16.7 Å². The normalized spacial score (nSPS) is 20.5. The van der Waals surface area contributed by atoms with E-state index < -0.39 is 0 Å². The molecular formula is C11H22. The Kier molecular flexibility index (Phi) is 2.07. The minimum absolute atomic E-state index is 0.468. The van der Waals surface area contributed by atoms with E-state index in [9.17, 15) is 0 Å². The molecule has 0 atom stereocenters. The molecule has 0 bridgehead atoms. The molecule has 0 unspecified atom stereocenters. The van der Waals surface area contributed by atoms with Crippen LogP contribution in [-0.4, -0.2) is 0 Å². The lowest BCUT2D eigenvalue weighted by molar-refractivity contribution is 0.112. The Labute approximate surface area is 71.4 Å². The van der Waals surface area contributed by atoms with Gasteiger partial charge in [0.1, 0.15) is 0 Å². The zero-order valence-corrected chi connectivity index (χ0v) is 8.70. The third kappa shape index (κ3) is 2.21. The first kappa shape index (κ1) is 9.09. The second kappa shape index (κ2) is 2.50. The summed E-state index contributed by atoms with van der Waals surface area (Å²) in [4.78, 5) is 0. The maximum Gasteiger partial charge on any atom is -0.0303 e. The predicted molar refractivity (Wildman–Crippen MR) is 50.6 cm³/mol. The first-order valence-corrected chi connectivity index (χ1v) is 4.83. The van der Waals surface area contributed by atoms with Gasteiger partial charge >= 0.3 is 0 Å². The van der Waals surface area contributed by atoms with E-state index in [-0.39, 0.29) is 0 Å². The minimum Gasteiger partial charge on any atom is -0.0597 e. The molecule has 0 nitrogen and oxygen atoms in total. The van der Waals surface area contributed by atoms with Crippen LogP contribution in [0.3, 0.4) is 0 Å². The average molecular weight is 154 g/mol. The van der Waals surface area contributed by atoms with E-state index in [1.165, 1.54) is 19.3 Å². The molecule has 1 aliphatic carbocycles. The average Bonchev–Trinajstić information content (AvgIpc) is 2.45. The number of hydrogen-bond donors (Lipinski definition) is 0. The largest absolute Gasteiger partial charge is 0.0597 e. The third-order valence-electron chi connectivity index (χ3n) is 3.53. The number of hydrogen-bond acceptors (Lipinski definition) is 0. The van der Waals surface area contributed by atoms with Crippen molar-refractivity contribution in [2.24, 2.45) is 16.7 Å². The topological polar surface area (TPSA) is 0 Å². The molecule has 1 saturated carbocycles. The van der Waals surface area contributed by atoms with Gasteiger partial charge in [0.05, 0.1) is 0 Å². The second-order valence-corrected chi connectivity index (χ2v) is 5.78. The van der Waals surface area contributed by atoms with Gasteiger partial charge in [-0.2, -0.15) is 0 Å². The van der Waals surface area contributed by atoms with Crippen molar-refractivity contribution in [1.82, 2.24) is 0 Å². The maximum atomic E-state index is 2.41. The molecule has 1 fully saturated rings. The van der Waals surface area contributed by atoms with E-state index in [1.807, 2.05) is 0 Å². The van der Waals surface area contributed by atoms with Crippen LogP contribution < -0.4 is 0 Å². The Morgan fingerprint density at radius 1 is 1.00 bits per heavy atom. The van der Waals surface area contributed by atoms with Crippen LogP contribution >= 0.6 is 0 Å². The summed E-state index contributed by atoms with van der Waals surface area (Å²) in [7, 11) is 0. The van der Waals surface area contributed by atoms with E-state index in [2.05, 4.69) is 34.6 Å². The summed E-state index contributed by atoms with van der Waals surface area (Å²) < 4.78 is 0. The Bertz CT molecular complexity index is 133. The molecule has 0 aromatic carbocycles. The Morgan fingerprint density at radius 3 is 1.73 bits per heavy atom. The van der Waals surface area contributed by atoms with Crippen LogP contribution in [-0.2, 0) is 0 Å². The SMILES string of the molecule is CC(C)(C)C(C)(C)CC1CC1. The molecule has 11 heavy (non-hydrogen) atoms. The second-order valence-electron chi connectivity index (χ2n) is 5.78. The highest BCUT2D eigenvalue weighted by molar-refractivity contribution is 4.88. The lowest BCUT2D eigenvalue weighted by atomic mass is 9.66. The quantitative estimate of drug-likeness (QED) is 0.566. The summed E-state index contributed by atoms with van der Waals surface area (Å²) in [6.45, 7) is 11.9. The molecule has 0 aromatic heterocycles. The van der Waals surface area contributed by atoms with Crippen molar-refractivity contribution in [3.8, 4) is 0 Å². The highest BCUT2D eigenvalue weighted by Gasteiger charge is 2.37. The molecule has 0 N–H and O–H groups in total. The van der Waals surface area contributed by atoms with Gasteiger partial charge in [0.2, 0.25) is 0 Å². The van der Waals surface area contributed by atoms with Crippen molar-refractivity contribution < 1.29 is 0 Å². The first-order chi connectivity index (χ1) is 4.83. The molecule has 0 radical (unpaired) electrons. The van der Waals surface area contributed by atoms with Gasteiger partial charge in [-0.15, -0.1) is 0 Å². The number of rotatable bonds is 2. The van der Waals surface area contributed by atoms with E-state index in [4.69, 9.17) is 0 Å². The fraction of sp³-hybridized carbons (Fsp3) is 1.00. The fourth-order valence-corrected chi connectivity index (χ4v) is 1.35. The highest BCUT2D eigenvalue weighted by atomic mass is 14.4. The Balaban J connectivity index is 2.49. The van der Waals surface area contributed by atoms with E-state index in [1.54, 1.807) is 0 Å². The van der Waals surface area contributed by atoms with Gasteiger partial charge in [-0.25, -0.2) is 0 Å². The van der Waals surface area contributed by atoms with Gasteiger partial charge in [0.25, 0.3) is 0 Å². The standard InChI is InChI=1S/C11H22/c1-10(2,3)11(4,5)8-9-6-7-9/h9H,6-8H2,1-5H3. The minimum atomic E-state index is 0.468. The summed E-state index contributed by atoms with van der Waals surface area (Å²) in [5, 5.41) is 0. The molecule has 0 aliphatic heterocycles. The van der Waals surface area contributed by atoms with Crippen molar-refractivity contribution in [2.75, 3.05) is 0 Å². The van der Waals surface area contributed by atoms with Crippen LogP contribution in [0.25, 0.3) is 0 Å². The molecule has 0 saturated heterocycles. The van der Waals surface area contributed by atoms with Crippen LogP contribution in [0.5, 0.6) is 0 Å². The van der Waals surface area contributed by atoms with E-state index in [0.29, 0.717) is 10.8 Å². The monoisotopic (exact) mass is 154 g/mol. The van der Waals surface area contributed by atoms with Crippen LogP contribution in [0.1, 0.15) is 53.9 Å². The van der Waals surface area contributed by atoms with Gasteiger partial charge in [0, 0.05) is 0 Å². The highest BCUT2D eigenvalue weighted by Crippen LogP contribution is 2.48. The summed E-state index contributed by atoms with van der Waals surface area (Å²) in [6, 6.07) is 0. The van der Waals surface area contributed by atoms with Crippen LogP contribution in [0.2, 0.25) is 0 Å². The molecule has 0 spiro atoms. The summed E-state index contributed by atoms with van der Waals surface area (Å²) in [5.41, 5.74) is 0.990. The maximum absolute atomic E-state index is 2.41. The molecule has 0 heteroatoms. The molecule has 1 rings (SSSR count). The first-order valence-electron chi connectivity index (χ1n) is 4.83. The van der Waals surface area contributed by atoms with E-state index in [0.717, 1.165) is 5.92 Å². The fourth-order valence-electron chi connectivity index (χ4n) is 1.35. The third-order valence-corrected chi connectivity index (χ3v) is 3.53.